The molecule has 24 heavy (non-hydrogen) atoms. The average Bonchev–Trinajstić information content (AvgIpc) is 2.53. The topological polar surface area (TPSA) is 97.6 Å². The minimum Gasteiger partial charge on any atom is -0.474 e. The van der Waals surface area contributed by atoms with Crippen molar-refractivity contribution in [2.24, 2.45) is 0 Å². The van der Waals surface area contributed by atoms with Crippen molar-refractivity contribution in [1.29, 1.82) is 0 Å². The number of carbonyl (C=O) groups is 2. The lowest BCUT2D eigenvalue weighted by molar-refractivity contribution is -0.133. The minimum atomic E-state index is -1.09. The van der Waals surface area contributed by atoms with Crippen LogP contribution in [-0.4, -0.2) is 28.9 Å². The van der Waals surface area contributed by atoms with Crippen LogP contribution in [0.5, 0.6) is 5.75 Å². The summed E-state index contributed by atoms with van der Waals surface area (Å²) in [7, 11) is 0. The molecule has 0 saturated heterocycles. The normalized spacial score (nSPS) is 15.4. The molecule has 0 aliphatic carbocycles. The Hall–Kier alpha value is -3.09. The Morgan fingerprint density at radius 1 is 1.25 bits per heavy atom. The molecule has 1 aromatic heterocycles. The highest BCUT2D eigenvalue weighted by molar-refractivity contribution is 6.07. The van der Waals surface area contributed by atoms with Gasteiger partial charge in [0, 0.05) is 5.69 Å². The highest BCUT2D eigenvalue weighted by Crippen LogP contribution is 2.36. The first-order valence-corrected chi connectivity index (χ1v) is 7.49. The molecule has 0 radical (unpaired) electrons. The van der Waals surface area contributed by atoms with Crippen molar-refractivity contribution >= 4 is 29.1 Å². The van der Waals surface area contributed by atoms with Crippen LogP contribution in [0.4, 0.5) is 17.3 Å². The number of nitrogens with one attached hydrogen (secondary N) is 1. The van der Waals surface area contributed by atoms with Crippen molar-refractivity contribution in [3.63, 3.8) is 0 Å². The lowest BCUT2D eigenvalue weighted by Gasteiger charge is -2.37. The molecule has 124 valence electrons. The van der Waals surface area contributed by atoms with E-state index in [1.807, 2.05) is 18.2 Å². The zero-order valence-corrected chi connectivity index (χ0v) is 13.4. The number of nitrogens with two attached hydrogens (primary N) is 1. The molecule has 7 heteroatoms. The van der Waals surface area contributed by atoms with E-state index in [1.54, 1.807) is 38.1 Å². The molecule has 0 saturated carbocycles. The number of ether oxygens (including phenoxy) is 1. The highest BCUT2D eigenvalue weighted by atomic mass is 16.5. The van der Waals surface area contributed by atoms with Gasteiger partial charge in [-0.05, 0) is 38.1 Å². The van der Waals surface area contributed by atoms with E-state index in [4.69, 9.17) is 10.5 Å². The van der Waals surface area contributed by atoms with Crippen molar-refractivity contribution in [3.8, 4) is 5.75 Å². The molecule has 0 atom stereocenters. The third-order valence-corrected chi connectivity index (χ3v) is 3.60. The summed E-state index contributed by atoms with van der Waals surface area (Å²) in [5.41, 5.74) is 5.28. The number of fused-ring (bicyclic) bond motifs is 1. The number of aromatic nitrogens is 1. The number of hydrogen-bond donors (Lipinski definition) is 2. The molecule has 7 nitrogen and oxygen atoms in total. The van der Waals surface area contributed by atoms with Crippen molar-refractivity contribution in [1.82, 2.24) is 4.98 Å². The monoisotopic (exact) mass is 326 g/mol. The van der Waals surface area contributed by atoms with Gasteiger partial charge in [-0.1, -0.05) is 18.2 Å². The number of nitrogen functional groups attached to an aromatic ring is 1. The number of hydrogen-bond acceptors (Lipinski definition) is 5. The van der Waals surface area contributed by atoms with Crippen LogP contribution in [0, 0.1) is 0 Å². The molecule has 0 bridgehead atoms. The van der Waals surface area contributed by atoms with Gasteiger partial charge in [-0.3, -0.25) is 14.5 Å². The minimum absolute atomic E-state index is 0.177. The van der Waals surface area contributed by atoms with Crippen LogP contribution in [0.15, 0.2) is 42.5 Å². The number of anilines is 3. The second-order valence-corrected chi connectivity index (χ2v) is 5.98. The molecule has 1 aliphatic heterocycles. The molecule has 0 spiro atoms. The van der Waals surface area contributed by atoms with Gasteiger partial charge in [0.2, 0.25) is 5.91 Å². The van der Waals surface area contributed by atoms with Crippen LogP contribution < -0.4 is 20.7 Å². The summed E-state index contributed by atoms with van der Waals surface area (Å²) < 4.78 is 5.68. The fourth-order valence-corrected chi connectivity index (χ4v) is 2.48. The number of carbonyl (C=O) groups excluding carboxylic acids is 2. The number of benzene rings is 1. The number of amides is 2. The third kappa shape index (κ3) is 3.01. The molecule has 0 unspecified atom stereocenters. The van der Waals surface area contributed by atoms with E-state index in [2.05, 4.69) is 10.3 Å². The van der Waals surface area contributed by atoms with E-state index in [0.29, 0.717) is 11.4 Å². The summed E-state index contributed by atoms with van der Waals surface area (Å²) in [6, 6.07) is 12.3. The first-order chi connectivity index (χ1) is 11.4. The van der Waals surface area contributed by atoms with E-state index >= 15 is 0 Å². The number of para-hydroxylation sites is 1. The lowest BCUT2D eigenvalue weighted by Crippen LogP contribution is -2.54. The molecule has 3 N–H and O–H groups in total. The summed E-state index contributed by atoms with van der Waals surface area (Å²) in [5.74, 6) is 0.237. The Labute approximate surface area is 139 Å². The van der Waals surface area contributed by atoms with Gasteiger partial charge in [0.1, 0.15) is 12.4 Å². The van der Waals surface area contributed by atoms with Crippen LogP contribution in [0.1, 0.15) is 13.8 Å². The van der Waals surface area contributed by atoms with Crippen LogP contribution >= 0.6 is 0 Å². The third-order valence-electron chi connectivity index (χ3n) is 3.60. The summed E-state index contributed by atoms with van der Waals surface area (Å²) in [4.78, 5) is 30.4. The SMILES string of the molecule is CC1(C)Oc2ccc(N)nc2N(CC(=O)Nc2ccccc2)C1=O. The van der Waals surface area contributed by atoms with Gasteiger partial charge in [0.15, 0.2) is 17.2 Å². The van der Waals surface area contributed by atoms with Crippen LogP contribution in [0.3, 0.4) is 0 Å². The zero-order valence-electron chi connectivity index (χ0n) is 13.4. The molecule has 2 heterocycles. The standard InChI is InChI=1S/C17H18N4O3/c1-17(2)16(23)21(15-12(24-17)8-9-13(18)20-15)10-14(22)19-11-6-4-3-5-7-11/h3-9H,10H2,1-2H3,(H2,18,20)(H,19,22). The highest BCUT2D eigenvalue weighted by Gasteiger charge is 2.42. The number of nitrogens with zero attached hydrogens (tertiary/aromatic N) is 2. The second kappa shape index (κ2) is 5.84. The van der Waals surface area contributed by atoms with Crippen LogP contribution in [0.2, 0.25) is 0 Å². The van der Waals surface area contributed by atoms with E-state index < -0.39 is 5.60 Å². The Bertz CT molecular complexity index is 790. The molecule has 2 aromatic rings. The maximum atomic E-state index is 12.6. The Morgan fingerprint density at radius 2 is 1.96 bits per heavy atom. The van der Waals surface area contributed by atoms with Gasteiger partial charge >= 0.3 is 0 Å². The quantitative estimate of drug-likeness (QED) is 0.896. The summed E-state index contributed by atoms with van der Waals surface area (Å²) in [5, 5.41) is 2.75. The Morgan fingerprint density at radius 3 is 2.67 bits per heavy atom. The maximum Gasteiger partial charge on any atom is 0.272 e. The molecule has 1 aliphatic rings. The fraction of sp³-hybridized carbons (Fsp3) is 0.235. The smallest absolute Gasteiger partial charge is 0.272 e. The summed E-state index contributed by atoms with van der Waals surface area (Å²) in [6.07, 6.45) is 0. The predicted molar refractivity (Wildman–Crippen MR) is 90.8 cm³/mol. The van der Waals surface area contributed by atoms with Crippen LogP contribution in [0.25, 0.3) is 0 Å². The predicted octanol–water partition coefficient (Wildman–Crippen LogP) is 1.81. The van der Waals surface area contributed by atoms with Crippen molar-refractivity contribution in [2.75, 3.05) is 22.5 Å². The maximum absolute atomic E-state index is 12.6. The lowest BCUT2D eigenvalue weighted by atomic mass is 10.1. The van der Waals surface area contributed by atoms with Crippen LogP contribution in [-0.2, 0) is 9.59 Å². The van der Waals surface area contributed by atoms with Gasteiger partial charge in [-0.2, -0.15) is 0 Å². The van der Waals surface area contributed by atoms with E-state index in [0.717, 1.165) is 0 Å². The summed E-state index contributed by atoms with van der Waals surface area (Å²) in [6.45, 7) is 3.12. The number of pyridine rings is 1. The van der Waals surface area contributed by atoms with Crippen molar-refractivity contribution in [2.45, 2.75) is 19.4 Å². The molecular weight excluding hydrogens is 308 g/mol. The van der Waals surface area contributed by atoms with Gasteiger partial charge in [0.25, 0.3) is 5.91 Å². The number of rotatable bonds is 3. The molecule has 1 aromatic carbocycles. The zero-order chi connectivity index (χ0) is 17.3. The molecule has 0 fully saturated rings. The van der Waals surface area contributed by atoms with E-state index in [1.165, 1.54) is 4.90 Å². The first-order valence-electron chi connectivity index (χ1n) is 7.49. The van der Waals surface area contributed by atoms with E-state index in [9.17, 15) is 9.59 Å². The largest absolute Gasteiger partial charge is 0.474 e. The van der Waals surface area contributed by atoms with Crippen molar-refractivity contribution < 1.29 is 14.3 Å². The summed E-state index contributed by atoms with van der Waals surface area (Å²) >= 11 is 0. The molecule has 3 rings (SSSR count). The van der Waals surface area contributed by atoms with Crippen molar-refractivity contribution in [3.05, 3.63) is 42.5 Å². The fourth-order valence-electron chi connectivity index (χ4n) is 2.48. The molecule has 2 amide bonds. The van der Waals surface area contributed by atoms with Gasteiger partial charge in [0.05, 0.1) is 0 Å². The Kier molecular flexibility index (Phi) is 3.84. The van der Waals surface area contributed by atoms with Gasteiger partial charge in [-0.15, -0.1) is 0 Å². The molecular formula is C17H18N4O3. The first kappa shape index (κ1) is 15.8. The second-order valence-electron chi connectivity index (χ2n) is 5.98. The van der Waals surface area contributed by atoms with Gasteiger partial charge in [-0.25, -0.2) is 4.98 Å². The van der Waals surface area contributed by atoms with Gasteiger partial charge < -0.3 is 15.8 Å². The average molecular weight is 326 g/mol. The van der Waals surface area contributed by atoms with E-state index in [-0.39, 0.29) is 30.0 Å². The Balaban J connectivity index is 1.87.